The van der Waals surface area contributed by atoms with Gasteiger partial charge in [0.05, 0.1) is 0 Å². The van der Waals surface area contributed by atoms with Gasteiger partial charge in [-0.15, -0.1) is 11.6 Å². The van der Waals surface area contributed by atoms with Crippen LogP contribution in [0.1, 0.15) is 51.7 Å². The van der Waals surface area contributed by atoms with Crippen LogP contribution < -0.4 is 0 Å². The topological polar surface area (TPSA) is 0 Å². The molecule has 1 unspecified atom stereocenters. The summed E-state index contributed by atoms with van der Waals surface area (Å²) >= 11 is 5.85. The fraction of sp³-hybridized carbons (Fsp3) is 0.625. The van der Waals surface area contributed by atoms with Crippen molar-refractivity contribution in [2.24, 2.45) is 5.92 Å². The average Bonchev–Trinajstić information content (AvgIpc) is 2.38. The van der Waals surface area contributed by atoms with Gasteiger partial charge in [-0.25, -0.2) is 0 Å². The Kier molecular flexibility index (Phi) is 5.52. The van der Waals surface area contributed by atoms with Crippen LogP contribution in [0.4, 0.5) is 0 Å². The lowest BCUT2D eigenvalue weighted by atomic mass is 9.77. The fourth-order valence-electron chi connectivity index (χ4n) is 2.16. The van der Waals surface area contributed by atoms with E-state index in [2.05, 4.69) is 52.0 Å². The molecule has 17 heavy (non-hydrogen) atoms. The summed E-state index contributed by atoms with van der Waals surface area (Å²) in [4.78, 5) is 0. The third-order valence-electron chi connectivity index (χ3n) is 4.06. The molecule has 0 aromatic heterocycles. The molecule has 1 heteroatoms. The highest BCUT2D eigenvalue weighted by Gasteiger charge is 2.21. The maximum atomic E-state index is 5.85. The Morgan fingerprint density at radius 2 is 1.65 bits per heavy atom. The Hall–Kier alpha value is -0.490. The number of hydrogen-bond acceptors (Lipinski definition) is 0. The lowest BCUT2D eigenvalue weighted by molar-refractivity contribution is 0.439. The van der Waals surface area contributed by atoms with Gasteiger partial charge in [0.1, 0.15) is 0 Å². The number of rotatable bonds is 6. The molecule has 0 heterocycles. The van der Waals surface area contributed by atoms with Crippen LogP contribution in [-0.2, 0) is 11.8 Å². The van der Waals surface area contributed by atoms with E-state index in [0.29, 0.717) is 11.3 Å². The maximum absolute atomic E-state index is 5.85. The summed E-state index contributed by atoms with van der Waals surface area (Å²) in [5.41, 5.74) is 3.19. The summed E-state index contributed by atoms with van der Waals surface area (Å²) in [6.45, 7) is 9.09. The van der Waals surface area contributed by atoms with Crippen LogP contribution in [-0.4, -0.2) is 5.88 Å². The molecule has 0 aliphatic heterocycles. The smallest absolute Gasteiger partial charge is 0.0252 e. The van der Waals surface area contributed by atoms with Gasteiger partial charge in [0.25, 0.3) is 0 Å². The quantitative estimate of drug-likeness (QED) is 0.612. The van der Waals surface area contributed by atoms with Crippen molar-refractivity contribution < 1.29 is 0 Å². The molecule has 0 radical (unpaired) electrons. The van der Waals surface area contributed by atoms with E-state index in [-0.39, 0.29) is 0 Å². The highest BCUT2D eigenvalue weighted by Crippen LogP contribution is 2.31. The lowest BCUT2D eigenvalue weighted by Crippen LogP contribution is -2.19. The second kappa shape index (κ2) is 6.44. The molecule has 0 nitrogen and oxygen atoms in total. The van der Waals surface area contributed by atoms with Gasteiger partial charge in [-0.05, 0) is 41.7 Å². The summed E-state index contributed by atoms with van der Waals surface area (Å²) in [5, 5.41) is 0. The molecule has 1 aromatic rings. The second-order valence-electron chi connectivity index (χ2n) is 5.43. The van der Waals surface area contributed by atoms with E-state index < -0.39 is 0 Å². The molecule has 1 rings (SSSR count). The van der Waals surface area contributed by atoms with Crippen LogP contribution >= 0.6 is 11.6 Å². The summed E-state index contributed by atoms with van der Waals surface area (Å²) in [7, 11) is 0. The molecule has 0 aliphatic carbocycles. The Morgan fingerprint density at radius 1 is 1.12 bits per heavy atom. The predicted molar refractivity (Wildman–Crippen MR) is 78.0 cm³/mol. The van der Waals surface area contributed by atoms with Gasteiger partial charge in [-0.1, -0.05) is 52.0 Å². The van der Waals surface area contributed by atoms with Gasteiger partial charge in [0.2, 0.25) is 0 Å². The molecular formula is C16H25Cl. The summed E-state index contributed by atoms with van der Waals surface area (Å²) in [6, 6.07) is 9.12. The second-order valence-corrected chi connectivity index (χ2v) is 5.74. The van der Waals surface area contributed by atoms with Crippen molar-refractivity contribution in [2.45, 2.75) is 52.4 Å². The molecule has 1 aromatic carbocycles. The third kappa shape index (κ3) is 3.74. The van der Waals surface area contributed by atoms with Crippen molar-refractivity contribution >= 4 is 11.6 Å². The number of halogens is 1. The normalized spacial score (nSPS) is 13.7. The first-order valence-corrected chi connectivity index (χ1v) is 7.24. The van der Waals surface area contributed by atoms with Crippen molar-refractivity contribution in [3.8, 4) is 0 Å². The van der Waals surface area contributed by atoms with Gasteiger partial charge in [-0.3, -0.25) is 0 Å². The molecule has 0 bridgehead atoms. The zero-order valence-corrected chi connectivity index (χ0v) is 12.3. The number of benzene rings is 1. The summed E-state index contributed by atoms with van der Waals surface area (Å²) in [5.74, 6) is 1.30. The van der Waals surface area contributed by atoms with Gasteiger partial charge < -0.3 is 0 Å². The maximum Gasteiger partial charge on any atom is 0.0252 e. The van der Waals surface area contributed by atoms with Crippen LogP contribution in [0, 0.1) is 5.92 Å². The zero-order chi connectivity index (χ0) is 12.9. The van der Waals surface area contributed by atoms with Crippen LogP contribution in [0.2, 0.25) is 0 Å². The monoisotopic (exact) mass is 252 g/mol. The van der Waals surface area contributed by atoms with E-state index >= 15 is 0 Å². The first-order chi connectivity index (χ1) is 8.05. The van der Waals surface area contributed by atoms with Crippen molar-refractivity contribution in [2.75, 3.05) is 5.88 Å². The van der Waals surface area contributed by atoms with Crippen LogP contribution in [0.25, 0.3) is 0 Å². The molecular weight excluding hydrogens is 228 g/mol. The van der Waals surface area contributed by atoms with Gasteiger partial charge in [0, 0.05) is 5.88 Å². The SMILES string of the molecule is CCC(C)(CC)c1ccc(CC(C)CCl)cc1. The Balaban J connectivity index is 2.80. The first-order valence-electron chi connectivity index (χ1n) is 6.71. The third-order valence-corrected chi connectivity index (χ3v) is 4.59. The molecule has 0 N–H and O–H groups in total. The first kappa shape index (κ1) is 14.6. The fourth-order valence-corrected chi connectivity index (χ4v) is 2.27. The van der Waals surface area contributed by atoms with E-state index in [1.54, 1.807) is 0 Å². The largest absolute Gasteiger partial charge is 0.126 e. The van der Waals surface area contributed by atoms with Crippen molar-refractivity contribution in [1.82, 2.24) is 0 Å². The molecule has 0 aliphatic rings. The lowest BCUT2D eigenvalue weighted by Gasteiger charge is -2.27. The van der Waals surface area contributed by atoms with E-state index in [1.807, 2.05) is 0 Å². The Labute approximate surface area is 111 Å². The number of alkyl halides is 1. The van der Waals surface area contributed by atoms with Gasteiger partial charge in [0.15, 0.2) is 0 Å². The van der Waals surface area contributed by atoms with Gasteiger partial charge >= 0.3 is 0 Å². The molecule has 0 saturated carbocycles. The molecule has 0 amide bonds. The average molecular weight is 253 g/mol. The van der Waals surface area contributed by atoms with Crippen LogP contribution in [0.5, 0.6) is 0 Å². The molecule has 96 valence electrons. The Morgan fingerprint density at radius 3 is 2.06 bits per heavy atom. The van der Waals surface area contributed by atoms with E-state index in [4.69, 9.17) is 11.6 Å². The van der Waals surface area contributed by atoms with E-state index in [0.717, 1.165) is 12.3 Å². The summed E-state index contributed by atoms with van der Waals surface area (Å²) in [6.07, 6.45) is 3.47. The molecule has 0 saturated heterocycles. The minimum absolute atomic E-state index is 0.330. The van der Waals surface area contributed by atoms with E-state index in [9.17, 15) is 0 Å². The zero-order valence-electron chi connectivity index (χ0n) is 11.6. The number of hydrogen-bond donors (Lipinski definition) is 0. The minimum atomic E-state index is 0.330. The van der Waals surface area contributed by atoms with Crippen LogP contribution in [0.15, 0.2) is 24.3 Å². The highest BCUT2D eigenvalue weighted by atomic mass is 35.5. The Bertz CT molecular complexity index is 322. The standard InChI is InChI=1S/C16H25Cl/c1-5-16(4,6-2)15-9-7-14(8-10-15)11-13(3)12-17/h7-10,13H,5-6,11-12H2,1-4H3. The van der Waals surface area contributed by atoms with Gasteiger partial charge in [-0.2, -0.15) is 0 Å². The van der Waals surface area contributed by atoms with Crippen molar-refractivity contribution in [1.29, 1.82) is 0 Å². The molecule has 0 fully saturated rings. The molecule has 0 spiro atoms. The predicted octanol–water partition coefficient (Wildman–Crippen LogP) is 5.18. The minimum Gasteiger partial charge on any atom is -0.126 e. The summed E-state index contributed by atoms with van der Waals surface area (Å²) < 4.78 is 0. The van der Waals surface area contributed by atoms with Crippen molar-refractivity contribution in [3.63, 3.8) is 0 Å². The molecule has 1 atom stereocenters. The van der Waals surface area contributed by atoms with E-state index in [1.165, 1.54) is 24.0 Å². The van der Waals surface area contributed by atoms with Crippen LogP contribution in [0.3, 0.4) is 0 Å². The highest BCUT2D eigenvalue weighted by molar-refractivity contribution is 6.18. The van der Waals surface area contributed by atoms with Crippen molar-refractivity contribution in [3.05, 3.63) is 35.4 Å².